The number of thiocarbonyl (C=S) groups is 1. The van der Waals surface area contributed by atoms with Crippen molar-refractivity contribution in [1.29, 1.82) is 0 Å². The molecule has 0 spiro atoms. The number of carbonyl (C=O) groups is 2. The summed E-state index contributed by atoms with van der Waals surface area (Å²) in [6.07, 6.45) is 1.76. The molecule has 116 valence electrons. The molecule has 1 fully saturated rings. The van der Waals surface area contributed by atoms with Gasteiger partial charge in [-0.3, -0.25) is 9.69 Å². The van der Waals surface area contributed by atoms with Crippen LogP contribution >= 0.6 is 24.0 Å². The highest BCUT2D eigenvalue weighted by atomic mass is 32.2. The van der Waals surface area contributed by atoms with Crippen LogP contribution in [0.15, 0.2) is 29.2 Å². The number of amides is 1. The molecule has 1 amide bonds. The summed E-state index contributed by atoms with van der Waals surface area (Å²) >= 11 is 6.47. The Balaban J connectivity index is 2.14. The van der Waals surface area contributed by atoms with Crippen LogP contribution < -0.4 is 0 Å². The van der Waals surface area contributed by atoms with Crippen LogP contribution in [-0.2, 0) is 14.3 Å². The molecule has 1 aliphatic rings. The molecule has 2 rings (SSSR count). The minimum Gasteiger partial charge on any atom is -0.465 e. The van der Waals surface area contributed by atoms with Crippen LogP contribution in [0, 0.1) is 0 Å². The van der Waals surface area contributed by atoms with E-state index in [2.05, 4.69) is 4.74 Å². The fraction of sp³-hybridized carbons (Fsp3) is 0.267. The van der Waals surface area contributed by atoms with Gasteiger partial charge in [0.1, 0.15) is 4.32 Å². The molecular formula is C15H15NO4S2. The number of methoxy groups -OCH3 is 2. The van der Waals surface area contributed by atoms with Gasteiger partial charge in [-0.05, 0) is 23.8 Å². The third-order valence-electron chi connectivity index (χ3n) is 3.02. The Morgan fingerprint density at radius 1 is 1.32 bits per heavy atom. The van der Waals surface area contributed by atoms with Crippen molar-refractivity contribution in [3.05, 3.63) is 40.3 Å². The van der Waals surface area contributed by atoms with Crippen molar-refractivity contribution in [2.24, 2.45) is 0 Å². The zero-order chi connectivity index (χ0) is 16.1. The van der Waals surface area contributed by atoms with Gasteiger partial charge in [0, 0.05) is 7.11 Å². The standard InChI is InChI=1S/C15H15NO4S2/c1-19-8-7-16-13(17)12(22-15(16)21)9-10-3-5-11(6-4-10)14(18)20-2/h3-6,9H,7-8H2,1-2H3/b12-9-. The van der Waals surface area contributed by atoms with E-state index in [4.69, 9.17) is 17.0 Å². The summed E-state index contributed by atoms with van der Waals surface area (Å²) in [5.41, 5.74) is 1.28. The summed E-state index contributed by atoms with van der Waals surface area (Å²) in [5, 5.41) is 0. The first kappa shape index (κ1) is 16.7. The predicted molar refractivity (Wildman–Crippen MR) is 89.5 cm³/mol. The average Bonchev–Trinajstić information content (AvgIpc) is 2.79. The molecule has 0 unspecified atom stereocenters. The van der Waals surface area contributed by atoms with Gasteiger partial charge in [-0.1, -0.05) is 36.1 Å². The van der Waals surface area contributed by atoms with Crippen LogP contribution in [-0.4, -0.2) is 48.5 Å². The van der Waals surface area contributed by atoms with E-state index in [0.29, 0.717) is 27.9 Å². The van der Waals surface area contributed by atoms with Crippen LogP contribution in [0.1, 0.15) is 15.9 Å². The first-order valence-electron chi connectivity index (χ1n) is 6.49. The highest BCUT2D eigenvalue weighted by Gasteiger charge is 2.31. The molecule has 0 saturated carbocycles. The van der Waals surface area contributed by atoms with E-state index < -0.39 is 5.97 Å². The van der Waals surface area contributed by atoms with Crippen molar-refractivity contribution >= 4 is 46.3 Å². The van der Waals surface area contributed by atoms with Crippen molar-refractivity contribution in [1.82, 2.24) is 4.90 Å². The zero-order valence-electron chi connectivity index (χ0n) is 12.2. The highest BCUT2D eigenvalue weighted by molar-refractivity contribution is 8.26. The van der Waals surface area contributed by atoms with Gasteiger partial charge in [-0.25, -0.2) is 4.79 Å². The van der Waals surface area contributed by atoms with Crippen LogP contribution in [0.4, 0.5) is 0 Å². The Bertz CT molecular complexity index is 625. The number of hydrogen-bond acceptors (Lipinski definition) is 6. The number of nitrogens with zero attached hydrogens (tertiary/aromatic N) is 1. The second-order valence-corrected chi connectivity index (χ2v) is 6.12. The molecule has 1 aromatic carbocycles. The molecular weight excluding hydrogens is 322 g/mol. The van der Waals surface area contributed by atoms with Gasteiger partial charge in [0.15, 0.2) is 0 Å². The second kappa shape index (κ2) is 7.53. The predicted octanol–water partition coefficient (Wildman–Crippen LogP) is 2.32. The number of rotatable bonds is 5. The third kappa shape index (κ3) is 3.73. The molecule has 7 heteroatoms. The Morgan fingerprint density at radius 2 is 2.00 bits per heavy atom. The quantitative estimate of drug-likeness (QED) is 0.467. The Hall–Kier alpha value is -1.70. The molecule has 0 aliphatic carbocycles. The van der Waals surface area contributed by atoms with E-state index in [1.54, 1.807) is 37.5 Å². The molecule has 0 atom stereocenters. The van der Waals surface area contributed by atoms with Gasteiger partial charge in [0.05, 0.1) is 30.7 Å². The van der Waals surface area contributed by atoms with Gasteiger partial charge < -0.3 is 9.47 Å². The normalized spacial score (nSPS) is 16.5. The molecule has 0 N–H and O–H groups in total. The summed E-state index contributed by atoms with van der Waals surface area (Å²) in [6.45, 7) is 0.882. The van der Waals surface area contributed by atoms with E-state index in [1.165, 1.54) is 23.8 Å². The number of carbonyl (C=O) groups excluding carboxylic acids is 2. The molecule has 0 radical (unpaired) electrons. The van der Waals surface area contributed by atoms with Gasteiger partial charge in [-0.2, -0.15) is 0 Å². The minimum absolute atomic E-state index is 0.121. The number of ether oxygens (including phenoxy) is 2. The zero-order valence-corrected chi connectivity index (χ0v) is 13.8. The smallest absolute Gasteiger partial charge is 0.337 e. The van der Waals surface area contributed by atoms with E-state index >= 15 is 0 Å². The largest absolute Gasteiger partial charge is 0.465 e. The monoisotopic (exact) mass is 337 g/mol. The van der Waals surface area contributed by atoms with Gasteiger partial charge >= 0.3 is 5.97 Å². The van der Waals surface area contributed by atoms with Crippen molar-refractivity contribution < 1.29 is 19.1 Å². The fourth-order valence-corrected chi connectivity index (χ4v) is 3.17. The van der Waals surface area contributed by atoms with Gasteiger partial charge in [0.2, 0.25) is 0 Å². The van der Waals surface area contributed by atoms with Crippen molar-refractivity contribution in [3.63, 3.8) is 0 Å². The SMILES string of the molecule is COCCN1C(=O)/C(=C/c2ccc(C(=O)OC)cc2)SC1=S. The molecule has 5 nitrogen and oxygen atoms in total. The molecule has 1 heterocycles. The summed E-state index contributed by atoms with van der Waals surface area (Å²) in [5.74, 6) is -0.512. The molecule has 1 aliphatic heterocycles. The van der Waals surface area contributed by atoms with Gasteiger partial charge in [0.25, 0.3) is 5.91 Å². The third-order valence-corrected chi connectivity index (χ3v) is 4.40. The van der Waals surface area contributed by atoms with E-state index in [9.17, 15) is 9.59 Å². The lowest BCUT2D eigenvalue weighted by Crippen LogP contribution is -2.31. The van der Waals surface area contributed by atoms with Crippen LogP contribution in [0.3, 0.4) is 0 Å². The maximum absolute atomic E-state index is 12.3. The van der Waals surface area contributed by atoms with Crippen LogP contribution in [0.25, 0.3) is 6.08 Å². The van der Waals surface area contributed by atoms with E-state index in [1.807, 2.05) is 0 Å². The van der Waals surface area contributed by atoms with Crippen molar-refractivity contribution in [2.45, 2.75) is 0 Å². The fourth-order valence-electron chi connectivity index (χ4n) is 1.86. The first-order valence-corrected chi connectivity index (χ1v) is 7.72. The summed E-state index contributed by atoms with van der Waals surface area (Å²) in [4.78, 5) is 25.7. The first-order chi connectivity index (χ1) is 10.6. The molecule has 0 bridgehead atoms. The molecule has 1 saturated heterocycles. The highest BCUT2D eigenvalue weighted by Crippen LogP contribution is 2.32. The van der Waals surface area contributed by atoms with Crippen LogP contribution in [0.5, 0.6) is 0 Å². The van der Waals surface area contributed by atoms with Crippen molar-refractivity contribution in [2.75, 3.05) is 27.4 Å². The Morgan fingerprint density at radius 3 is 2.59 bits per heavy atom. The molecule has 22 heavy (non-hydrogen) atoms. The number of benzene rings is 1. The van der Waals surface area contributed by atoms with E-state index in [0.717, 1.165) is 5.56 Å². The lowest BCUT2D eigenvalue weighted by atomic mass is 10.1. The Labute approximate surface area is 138 Å². The van der Waals surface area contributed by atoms with Crippen molar-refractivity contribution in [3.8, 4) is 0 Å². The van der Waals surface area contributed by atoms with Crippen LogP contribution in [0.2, 0.25) is 0 Å². The lowest BCUT2D eigenvalue weighted by molar-refractivity contribution is -0.122. The number of hydrogen-bond donors (Lipinski definition) is 0. The summed E-state index contributed by atoms with van der Waals surface area (Å²) in [7, 11) is 2.91. The molecule has 0 aromatic heterocycles. The van der Waals surface area contributed by atoms with Gasteiger partial charge in [-0.15, -0.1) is 0 Å². The minimum atomic E-state index is -0.391. The van der Waals surface area contributed by atoms with E-state index in [-0.39, 0.29) is 5.91 Å². The molecule has 1 aromatic rings. The Kier molecular flexibility index (Phi) is 5.70. The average molecular weight is 337 g/mol. The number of thioether (sulfide) groups is 1. The topological polar surface area (TPSA) is 55.8 Å². The maximum atomic E-state index is 12.3. The lowest BCUT2D eigenvalue weighted by Gasteiger charge is -2.12. The maximum Gasteiger partial charge on any atom is 0.337 e. The summed E-state index contributed by atoms with van der Waals surface area (Å²) < 4.78 is 10.1. The number of esters is 1. The second-order valence-electron chi connectivity index (χ2n) is 4.44. The summed E-state index contributed by atoms with van der Waals surface area (Å²) in [6, 6.07) is 6.83.